The maximum absolute atomic E-state index is 13.7. The zero-order valence-electron chi connectivity index (χ0n) is 10.9. The van der Waals surface area contributed by atoms with Gasteiger partial charge in [-0.2, -0.15) is 9.98 Å². The molecular formula is C14H4F4N2S3. The third-order valence-electron chi connectivity index (χ3n) is 2.53. The van der Waals surface area contributed by atoms with Crippen molar-refractivity contribution in [2.45, 2.75) is 9.79 Å². The van der Waals surface area contributed by atoms with Gasteiger partial charge in [-0.3, -0.25) is 0 Å². The van der Waals surface area contributed by atoms with E-state index in [-0.39, 0.29) is 9.79 Å². The van der Waals surface area contributed by atoms with Gasteiger partial charge in [0, 0.05) is 9.79 Å². The molecule has 9 heteroatoms. The summed E-state index contributed by atoms with van der Waals surface area (Å²) in [5.41, 5.74) is -1.15. The molecule has 0 amide bonds. The van der Waals surface area contributed by atoms with Crippen molar-refractivity contribution >= 4 is 57.9 Å². The van der Waals surface area contributed by atoms with Crippen molar-refractivity contribution in [3.8, 4) is 0 Å². The van der Waals surface area contributed by atoms with E-state index in [1.165, 1.54) is 0 Å². The second-order valence-corrected chi connectivity index (χ2v) is 5.49. The number of aliphatic imine (C=N–C) groups is 2. The molecule has 0 N–H and O–H groups in total. The summed E-state index contributed by atoms with van der Waals surface area (Å²) < 4.78 is 54.8. The lowest BCUT2D eigenvalue weighted by Gasteiger charge is -2.06. The van der Waals surface area contributed by atoms with Gasteiger partial charge in [-0.05, 0) is 48.7 Å². The first-order valence-electron chi connectivity index (χ1n) is 5.78. The number of thiocarbonyl (C=S) groups is 2. The lowest BCUT2D eigenvalue weighted by atomic mass is 10.3. The largest absolute Gasteiger partial charge is 0.204 e. The van der Waals surface area contributed by atoms with Crippen LogP contribution in [-0.4, -0.2) is 10.3 Å². The third kappa shape index (κ3) is 4.10. The van der Waals surface area contributed by atoms with Gasteiger partial charge >= 0.3 is 0 Å². The molecule has 0 atom stereocenters. The Labute approximate surface area is 143 Å². The summed E-state index contributed by atoms with van der Waals surface area (Å²) in [5.74, 6) is -3.86. The molecule has 0 unspecified atom stereocenters. The summed E-state index contributed by atoms with van der Waals surface area (Å²) in [6.45, 7) is 0. The average molecular weight is 372 g/mol. The van der Waals surface area contributed by atoms with Crippen LogP contribution in [0.15, 0.2) is 44.0 Å². The van der Waals surface area contributed by atoms with Crippen LogP contribution >= 0.6 is 36.2 Å². The van der Waals surface area contributed by atoms with Gasteiger partial charge in [-0.25, -0.2) is 17.6 Å². The predicted octanol–water partition coefficient (Wildman–Crippen LogP) is 5.86. The van der Waals surface area contributed by atoms with Crippen molar-refractivity contribution in [3.05, 3.63) is 47.5 Å². The van der Waals surface area contributed by atoms with E-state index in [9.17, 15) is 17.6 Å². The molecule has 0 aliphatic carbocycles. The first-order valence-corrected chi connectivity index (χ1v) is 7.41. The summed E-state index contributed by atoms with van der Waals surface area (Å²) in [4.78, 5) is 6.72. The SMILES string of the molecule is Fc1cc(Sc2cc(F)c(N=C=S)c(F)c2)cc(F)c1N=C=S. The standard InChI is InChI=1S/C14H4F4N2S3/c15-9-1-7(2-10(16)13(9)19-5-21)23-8-3-11(17)14(20-6-22)12(18)4-8/h1-4H. The molecule has 2 aromatic rings. The Hall–Kier alpha value is -1.89. The van der Waals surface area contributed by atoms with E-state index < -0.39 is 34.6 Å². The molecule has 0 bridgehead atoms. The highest BCUT2D eigenvalue weighted by molar-refractivity contribution is 7.99. The van der Waals surface area contributed by atoms with Crippen LogP contribution < -0.4 is 0 Å². The van der Waals surface area contributed by atoms with E-state index in [1.54, 1.807) is 0 Å². The van der Waals surface area contributed by atoms with E-state index in [0.717, 1.165) is 36.0 Å². The molecule has 23 heavy (non-hydrogen) atoms. The summed E-state index contributed by atoms with van der Waals surface area (Å²) in [6, 6.07) is 3.88. The van der Waals surface area contributed by atoms with Crippen molar-refractivity contribution in [3.63, 3.8) is 0 Å². The Morgan fingerprint density at radius 2 is 1.00 bits per heavy atom. The summed E-state index contributed by atoms with van der Waals surface area (Å²) in [7, 11) is 0. The molecule has 0 radical (unpaired) electrons. The second kappa shape index (κ2) is 7.59. The number of hydrogen-bond donors (Lipinski definition) is 0. The molecule has 2 nitrogen and oxygen atoms in total. The molecular weight excluding hydrogens is 368 g/mol. The van der Waals surface area contributed by atoms with Crippen LogP contribution in [0.25, 0.3) is 0 Å². The normalized spacial score (nSPS) is 9.91. The minimum atomic E-state index is -0.965. The van der Waals surface area contributed by atoms with Crippen molar-refractivity contribution in [2.75, 3.05) is 0 Å². The summed E-state index contributed by atoms with van der Waals surface area (Å²) in [5, 5.41) is 3.73. The fourth-order valence-electron chi connectivity index (χ4n) is 1.64. The molecule has 0 fully saturated rings. The van der Waals surface area contributed by atoms with Crippen LogP contribution in [0, 0.1) is 23.3 Å². The monoisotopic (exact) mass is 372 g/mol. The lowest BCUT2D eigenvalue weighted by molar-refractivity contribution is 0.581. The fraction of sp³-hybridized carbons (Fsp3) is 0. The molecule has 0 saturated carbocycles. The van der Waals surface area contributed by atoms with Crippen molar-refractivity contribution in [1.82, 2.24) is 0 Å². The van der Waals surface area contributed by atoms with E-state index in [0.29, 0.717) is 0 Å². The quantitative estimate of drug-likeness (QED) is 0.382. The smallest absolute Gasteiger partial charge is 0.153 e. The second-order valence-electron chi connectivity index (χ2n) is 3.98. The van der Waals surface area contributed by atoms with Crippen LogP contribution in [0.5, 0.6) is 0 Å². The van der Waals surface area contributed by atoms with Crippen LogP contribution in [-0.2, 0) is 0 Å². The van der Waals surface area contributed by atoms with E-state index in [4.69, 9.17) is 0 Å². The number of nitrogens with zero attached hydrogens (tertiary/aromatic N) is 2. The molecule has 0 heterocycles. The Morgan fingerprint density at radius 3 is 1.26 bits per heavy atom. The van der Waals surface area contributed by atoms with Crippen molar-refractivity contribution in [1.29, 1.82) is 0 Å². The summed E-state index contributed by atoms with van der Waals surface area (Å²) >= 11 is 9.35. The maximum Gasteiger partial charge on any atom is 0.153 e. The van der Waals surface area contributed by atoms with E-state index in [1.807, 2.05) is 10.3 Å². The molecule has 0 spiro atoms. The van der Waals surface area contributed by atoms with Gasteiger partial charge in [-0.1, -0.05) is 11.8 Å². The van der Waals surface area contributed by atoms with Gasteiger partial charge in [0.05, 0.1) is 10.3 Å². The van der Waals surface area contributed by atoms with Gasteiger partial charge in [0.15, 0.2) is 23.3 Å². The number of isothiocyanates is 2. The van der Waals surface area contributed by atoms with Crippen molar-refractivity contribution < 1.29 is 17.6 Å². The van der Waals surface area contributed by atoms with E-state index in [2.05, 4.69) is 34.4 Å². The molecule has 0 aliphatic heterocycles. The minimum Gasteiger partial charge on any atom is -0.204 e. The van der Waals surface area contributed by atoms with Gasteiger partial charge in [0.2, 0.25) is 0 Å². The van der Waals surface area contributed by atoms with E-state index >= 15 is 0 Å². The molecule has 0 aliphatic rings. The number of benzene rings is 2. The Bertz CT molecular complexity index is 755. The first kappa shape index (κ1) is 17.5. The number of hydrogen-bond acceptors (Lipinski definition) is 5. The van der Waals surface area contributed by atoms with Crippen molar-refractivity contribution in [2.24, 2.45) is 9.98 Å². The number of halogens is 4. The van der Waals surface area contributed by atoms with Gasteiger partial charge in [-0.15, -0.1) is 0 Å². The predicted molar refractivity (Wildman–Crippen MR) is 86.2 cm³/mol. The number of rotatable bonds is 4. The molecule has 2 rings (SSSR count). The molecule has 0 saturated heterocycles. The van der Waals surface area contributed by atoms with Gasteiger partial charge < -0.3 is 0 Å². The Kier molecular flexibility index (Phi) is 5.76. The molecule has 116 valence electrons. The zero-order valence-corrected chi connectivity index (χ0v) is 13.4. The Morgan fingerprint density at radius 1 is 0.696 bits per heavy atom. The summed E-state index contributed by atoms with van der Waals surface area (Å²) in [6.07, 6.45) is 0. The van der Waals surface area contributed by atoms with Gasteiger partial charge in [0.25, 0.3) is 0 Å². The zero-order chi connectivity index (χ0) is 17.0. The van der Waals surface area contributed by atoms with Crippen LogP contribution in [0.1, 0.15) is 0 Å². The Balaban J connectivity index is 2.40. The first-order chi connectivity index (χ1) is 11.0. The topological polar surface area (TPSA) is 24.7 Å². The maximum atomic E-state index is 13.7. The fourth-order valence-corrected chi connectivity index (χ4v) is 2.75. The average Bonchev–Trinajstić information content (AvgIpc) is 2.47. The third-order valence-corrected chi connectivity index (χ3v) is 3.66. The highest BCUT2D eigenvalue weighted by Crippen LogP contribution is 2.35. The highest BCUT2D eigenvalue weighted by atomic mass is 32.2. The van der Waals surface area contributed by atoms with Crippen LogP contribution in [0.4, 0.5) is 28.9 Å². The minimum absolute atomic E-state index is 0.0909. The molecule has 2 aromatic carbocycles. The lowest BCUT2D eigenvalue weighted by Crippen LogP contribution is -1.87. The van der Waals surface area contributed by atoms with Crippen LogP contribution in [0.2, 0.25) is 0 Å². The highest BCUT2D eigenvalue weighted by Gasteiger charge is 2.14. The van der Waals surface area contributed by atoms with Gasteiger partial charge in [0.1, 0.15) is 11.4 Å². The molecule has 0 aromatic heterocycles. The van der Waals surface area contributed by atoms with Crippen LogP contribution in [0.3, 0.4) is 0 Å².